The summed E-state index contributed by atoms with van der Waals surface area (Å²) in [5, 5.41) is 0. The fourth-order valence-corrected chi connectivity index (χ4v) is 2.69. The van der Waals surface area contributed by atoms with Crippen LogP contribution in [0.1, 0.15) is 20.9 Å². The van der Waals surface area contributed by atoms with Crippen molar-refractivity contribution in [2.75, 3.05) is 0 Å². The van der Waals surface area contributed by atoms with Gasteiger partial charge in [0, 0.05) is 21.9 Å². The highest BCUT2D eigenvalue weighted by molar-refractivity contribution is 7.12. The molecule has 0 spiro atoms. The Bertz CT molecular complexity index is 551. The molecule has 0 fully saturated rings. The van der Waals surface area contributed by atoms with Gasteiger partial charge in [-0.3, -0.25) is 0 Å². The summed E-state index contributed by atoms with van der Waals surface area (Å²) in [6.07, 6.45) is 0. The minimum Gasteiger partial charge on any atom is -0.489 e. The first-order valence-electron chi connectivity index (χ1n) is 5.77. The topological polar surface area (TPSA) is 35.2 Å². The van der Waals surface area contributed by atoms with Crippen LogP contribution >= 0.6 is 11.3 Å². The van der Waals surface area contributed by atoms with Crippen LogP contribution in [0.5, 0.6) is 5.75 Å². The van der Waals surface area contributed by atoms with E-state index in [9.17, 15) is 4.39 Å². The van der Waals surface area contributed by atoms with Gasteiger partial charge in [0.05, 0.1) is 0 Å². The van der Waals surface area contributed by atoms with Gasteiger partial charge in [0.2, 0.25) is 0 Å². The number of rotatable bonds is 4. The summed E-state index contributed by atoms with van der Waals surface area (Å²) < 4.78 is 18.7. The molecule has 0 aliphatic rings. The molecular weight excluding hydrogens is 249 g/mol. The van der Waals surface area contributed by atoms with E-state index in [1.165, 1.54) is 17.0 Å². The molecule has 0 atom stereocenters. The van der Waals surface area contributed by atoms with Gasteiger partial charge in [-0.25, -0.2) is 4.39 Å². The van der Waals surface area contributed by atoms with Crippen molar-refractivity contribution in [1.29, 1.82) is 0 Å². The van der Waals surface area contributed by atoms with Crippen molar-refractivity contribution in [3.8, 4) is 5.75 Å². The first kappa shape index (κ1) is 13.1. The predicted octanol–water partition coefficient (Wildman–Crippen LogP) is 3.54. The van der Waals surface area contributed by atoms with Crippen LogP contribution in [0.4, 0.5) is 4.39 Å². The SMILES string of the molecule is Cc1cc(F)ccc1OCc1cc(CN)sc1C. The number of benzene rings is 1. The van der Waals surface area contributed by atoms with Gasteiger partial charge in [0.1, 0.15) is 18.2 Å². The molecule has 0 amide bonds. The lowest BCUT2D eigenvalue weighted by atomic mass is 10.2. The van der Waals surface area contributed by atoms with Crippen LogP contribution in [0.15, 0.2) is 24.3 Å². The number of thiophene rings is 1. The molecule has 2 nitrogen and oxygen atoms in total. The molecule has 18 heavy (non-hydrogen) atoms. The third-order valence-electron chi connectivity index (χ3n) is 2.79. The number of hydrogen-bond acceptors (Lipinski definition) is 3. The molecule has 0 radical (unpaired) electrons. The van der Waals surface area contributed by atoms with Gasteiger partial charge >= 0.3 is 0 Å². The van der Waals surface area contributed by atoms with Crippen LogP contribution in [0.25, 0.3) is 0 Å². The molecule has 0 saturated heterocycles. The molecule has 1 aromatic carbocycles. The molecule has 1 heterocycles. The quantitative estimate of drug-likeness (QED) is 0.917. The molecule has 2 N–H and O–H groups in total. The number of hydrogen-bond donors (Lipinski definition) is 1. The van der Waals surface area contributed by atoms with Gasteiger partial charge in [-0.05, 0) is 43.7 Å². The van der Waals surface area contributed by atoms with E-state index in [2.05, 4.69) is 13.0 Å². The predicted molar refractivity (Wildman–Crippen MR) is 72.4 cm³/mol. The molecule has 2 aromatic rings. The molecule has 2 rings (SSSR count). The Hall–Kier alpha value is -1.39. The molecule has 0 aliphatic carbocycles. The molecule has 0 unspecified atom stereocenters. The third-order valence-corrected chi connectivity index (χ3v) is 3.91. The zero-order chi connectivity index (χ0) is 13.1. The van der Waals surface area contributed by atoms with E-state index < -0.39 is 0 Å². The smallest absolute Gasteiger partial charge is 0.123 e. The second-order valence-electron chi connectivity index (χ2n) is 4.20. The lowest BCUT2D eigenvalue weighted by molar-refractivity contribution is 0.303. The van der Waals surface area contributed by atoms with E-state index in [1.54, 1.807) is 17.4 Å². The molecule has 0 saturated carbocycles. The minimum atomic E-state index is -0.239. The fraction of sp³-hybridized carbons (Fsp3) is 0.286. The Morgan fingerprint density at radius 2 is 2.06 bits per heavy atom. The lowest BCUT2D eigenvalue weighted by Gasteiger charge is -2.08. The summed E-state index contributed by atoms with van der Waals surface area (Å²) in [7, 11) is 0. The highest BCUT2D eigenvalue weighted by atomic mass is 32.1. The van der Waals surface area contributed by atoms with E-state index >= 15 is 0 Å². The van der Waals surface area contributed by atoms with Crippen LogP contribution in [0.3, 0.4) is 0 Å². The number of ether oxygens (including phenoxy) is 1. The van der Waals surface area contributed by atoms with Crippen LogP contribution < -0.4 is 10.5 Å². The van der Waals surface area contributed by atoms with Crippen LogP contribution in [-0.2, 0) is 13.2 Å². The molecule has 0 bridgehead atoms. The molecule has 96 valence electrons. The Kier molecular flexibility index (Phi) is 3.99. The Morgan fingerprint density at radius 3 is 2.67 bits per heavy atom. The Morgan fingerprint density at radius 1 is 1.28 bits per heavy atom. The highest BCUT2D eigenvalue weighted by Gasteiger charge is 2.07. The summed E-state index contributed by atoms with van der Waals surface area (Å²) in [5.74, 6) is 0.480. The van der Waals surface area contributed by atoms with E-state index in [1.807, 2.05) is 6.92 Å². The second-order valence-corrected chi connectivity index (χ2v) is 5.54. The summed E-state index contributed by atoms with van der Waals surface area (Å²) >= 11 is 1.69. The summed E-state index contributed by atoms with van der Waals surface area (Å²) in [6.45, 7) is 4.94. The van der Waals surface area contributed by atoms with Crippen LogP contribution in [-0.4, -0.2) is 0 Å². The average Bonchev–Trinajstić information content (AvgIpc) is 2.69. The van der Waals surface area contributed by atoms with Gasteiger partial charge in [-0.15, -0.1) is 11.3 Å². The normalized spacial score (nSPS) is 10.7. The van der Waals surface area contributed by atoms with Crippen LogP contribution in [0.2, 0.25) is 0 Å². The lowest BCUT2D eigenvalue weighted by Crippen LogP contribution is -1.97. The van der Waals surface area contributed by atoms with E-state index in [-0.39, 0.29) is 5.82 Å². The number of aryl methyl sites for hydroxylation is 2. The monoisotopic (exact) mass is 265 g/mol. The minimum absolute atomic E-state index is 0.239. The van der Waals surface area contributed by atoms with Crippen molar-refractivity contribution in [3.05, 3.63) is 51.0 Å². The van der Waals surface area contributed by atoms with E-state index in [4.69, 9.17) is 10.5 Å². The largest absolute Gasteiger partial charge is 0.489 e. The summed E-state index contributed by atoms with van der Waals surface area (Å²) in [6, 6.07) is 6.62. The second kappa shape index (κ2) is 5.50. The van der Waals surface area contributed by atoms with Crippen molar-refractivity contribution < 1.29 is 9.13 Å². The first-order valence-corrected chi connectivity index (χ1v) is 6.59. The van der Waals surface area contributed by atoms with Crippen molar-refractivity contribution >= 4 is 11.3 Å². The van der Waals surface area contributed by atoms with Gasteiger partial charge < -0.3 is 10.5 Å². The van der Waals surface area contributed by atoms with Crippen molar-refractivity contribution in [1.82, 2.24) is 0 Å². The fourth-order valence-electron chi connectivity index (χ4n) is 1.76. The highest BCUT2D eigenvalue weighted by Crippen LogP contribution is 2.24. The van der Waals surface area contributed by atoms with Gasteiger partial charge in [0.15, 0.2) is 0 Å². The van der Waals surface area contributed by atoms with Crippen LogP contribution in [0, 0.1) is 19.7 Å². The van der Waals surface area contributed by atoms with E-state index in [0.29, 0.717) is 13.2 Å². The zero-order valence-corrected chi connectivity index (χ0v) is 11.3. The van der Waals surface area contributed by atoms with Gasteiger partial charge in [-0.1, -0.05) is 0 Å². The van der Waals surface area contributed by atoms with E-state index in [0.717, 1.165) is 21.8 Å². The maximum atomic E-state index is 13.0. The van der Waals surface area contributed by atoms with Crippen molar-refractivity contribution in [2.45, 2.75) is 27.0 Å². The van der Waals surface area contributed by atoms with Crippen molar-refractivity contribution in [3.63, 3.8) is 0 Å². The first-order chi connectivity index (χ1) is 8.60. The maximum Gasteiger partial charge on any atom is 0.123 e. The Labute approximate surface area is 110 Å². The van der Waals surface area contributed by atoms with Gasteiger partial charge in [0.25, 0.3) is 0 Å². The number of halogens is 1. The summed E-state index contributed by atoms with van der Waals surface area (Å²) in [4.78, 5) is 2.37. The molecular formula is C14H16FNOS. The standard InChI is InChI=1S/C14H16FNOS/c1-9-5-12(15)3-4-14(9)17-8-11-6-13(7-16)18-10(11)2/h3-6H,7-8,16H2,1-2H3. The molecule has 4 heteroatoms. The molecule has 1 aromatic heterocycles. The third kappa shape index (κ3) is 2.89. The number of nitrogens with two attached hydrogens (primary N) is 1. The maximum absolute atomic E-state index is 13.0. The molecule has 0 aliphatic heterocycles. The van der Waals surface area contributed by atoms with Gasteiger partial charge in [-0.2, -0.15) is 0 Å². The zero-order valence-electron chi connectivity index (χ0n) is 10.5. The van der Waals surface area contributed by atoms with Crippen molar-refractivity contribution in [2.24, 2.45) is 5.73 Å². The Balaban J connectivity index is 2.08. The average molecular weight is 265 g/mol. The summed E-state index contributed by atoms with van der Waals surface area (Å²) in [5.41, 5.74) is 7.56.